The summed E-state index contributed by atoms with van der Waals surface area (Å²) in [5.41, 5.74) is 0. The molecule has 0 aliphatic heterocycles. The summed E-state index contributed by atoms with van der Waals surface area (Å²) in [7, 11) is -7.59. The number of benzene rings is 7. The first-order valence-corrected chi connectivity index (χ1v) is 23.1. The first kappa shape index (κ1) is 43.7. The van der Waals surface area contributed by atoms with Crippen molar-refractivity contribution in [2.24, 2.45) is 0 Å². The summed E-state index contributed by atoms with van der Waals surface area (Å²) in [6, 6.07) is 72.4. The molecule has 0 radical (unpaired) electrons. The molecule has 0 heterocycles. The van der Waals surface area contributed by atoms with Crippen LogP contribution in [-0.4, -0.2) is 22.6 Å². The van der Waals surface area contributed by atoms with Gasteiger partial charge in [0.05, 0.1) is 15.8 Å². The number of sulfonamides is 1. The third-order valence-electron chi connectivity index (χ3n) is 8.08. The van der Waals surface area contributed by atoms with Gasteiger partial charge in [0.2, 0.25) is 0 Å². The molecule has 0 saturated heterocycles. The van der Waals surface area contributed by atoms with Crippen LogP contribution >= 0.6 is 23.6 Å². The molecule has 55 heavy (non-hydrogen) atoms. The Hall–Kier alpha value is -4.02. The average Bonchev–Trinajstić information content (AvgIpc) is 3.24. The topological polar surface area (TPSA) is 83.8 Å². The largest absolute Gasteiger partial charge is 1.00 e. The smallest absolute Gasteiger partial charge is 0.438 e. The molecule has 0 bridgehead atoms. The first-order chi connectivity index (χ1) is 26.3. The Kier molecular flexibility index (Phi) is 17.9. The van der Waals surface area contributed by atoms with Crippen molar-refractivity contribution < 1.29 is 39.1 Å². The standard InChI is InChI=1S/2C18H15P.C8H11NO5PS.Cu/c2*1-4-10-16(11-5-1)19(17-12-6-2-7-13-17)18-14-8-3-9-15-18;1-13-15(10,14-2)9-16(11,12)8-6-4-3-5-7-8;/h2*1-15H;3-7H,1-2H3;/q;;-1;+1/p+2. The molecule has 0 N–H and O–H groups in total. The molecule has 0 fully saturated rings. The van der Waals surface area contributed by atoms with E-state index < -0.39 is 33.6 Å². The average molecular weight is 854 g/mol. The third-order valence-corrected chi connectivity index (χ3v) is 17.0. The molecule has 0 aliphatic carbocycles. The summed E-state index contributed by atoms with van der Waals surface area (Å²) in [5.74, 6) is 0. The molecule has 0 aromatic heterocycles. The van der Waals surface area contributed by atoms with Gasteiger partial charge in [-0.15, -0.1) is 0 Å². The van der Waals surface area contributed by atoms with Crippen molar-refractivity contribution in [2.75, 3.05) is 14.2 Å². The van der Waals surface area contributed by atoms with Crippen molar-refractivity contribution >= 4 is 65.4 Å². The van der Waals surface area contributed by atoms with E-state index in [0.717, 1.165) is 14.2 Å². The van der Waals surface area contributed by atoms with Crippen LogP contribution in [-0.2, 0) is 40.7 Å². The van der Waals surface area contributed by atoms with Crippen LogP contribution in [0.2, 0.25) is 0 Å². The van der Waals surface area contributed by atoms with Gasteiger partial charge in [0.25, 0.3) is 7.75 Å². The first-order valence-electron chi connectivity index (χ1n) is 17.2. The third kappa shape index (κ3) is 13.0. The molecule has 0 unspecified atom stereocenters. The second kappa shape index (κ2) is 22.5. The SMILES string of the molecule is COP(=O)([N-]S(=O)(=O)c1ccccc1)OC.[Cu+].c1ccc([PH+](c2ccccc2)c2ccccc2)cc1.c1ccc([PH+](c2ccccc2)c2ccccc2)cc1. The number of hydrogen-bond donors (Lipinski definition) is 0. The maximum absolute atomic E-state index is 11.7. The monoisotopic (exact) mass is 853 g/mol. The zero-order valence-electron chi connectivity index (χ0n) is 30.4. The Labute approximate surface area is 338 Å². The van der Waals surface area contributed by atoms with Gasteiger partial charge in [-0.2, -0.15) is 0 Å². The van der Waals surface area contributed by atoms with E-state index in [-0.39, 0.29) is 22.0 Å². The Bertz CT molecular complexity index is 1950. The van der Waals surface area contributed by atoms with Gasteiger partial charge in [-0.1, -0.05) is 127 Å². The van der Waals surface area contributed by atoms with Gasteiger partial charge in [0.1, 0.15) is 41.9 Å². The van der Waals surface area contributed by atoms with Crippen LogP contribution in [0.1, 0.15) is 0 Å². The van der Waals surface area contributed by atoms with Gasteiger partial charge in [-0.25, -0.2) is 8.42 Å². The molecule has 0 atom stereocenters. The van der Waals surface area contributed by atoms with Gasteiger partial charge >= 0.3 is 17.1 Å². The summed E-state index contributed by atoms with van der Waals surface area (Å²) in [6.45, 7) is 0. The minimum atomic E-state index is -4.03. The summed E-state index contributed by atoms with van der Waals surface area (Å²) >= 11 is 0. The molecular weight excluding hydrogens is 811 g/mol. The maximum atomic E-state index is 11.7. The molecule has 0 saturated carbocycles. The molecule has 6 nitrogen and oxygen atoms in total. The van der Waals surface area contributed by atoms with Crippen LogP contribution in [0.5, 0.6) is 0 Å². The Morgan fingerprint density at radius 3 is 0.800 bits per heavy atom. The van der Waals surface area contributed by atoms with Crippen molar-refractivity contribution in [1.29, 1.82) is 0 Å². The van der Waals surface area contributed by atoms with Crippen molar-refractivity contribution in [3.63, 3.8) is 0 Å². The van der Waals surface area contributed by atoms with Crippen molar-refractivity contribution in [1.82, 2.24) is 0 Å². The van der Waals surface area contributed by atoms with Gasteiger partial charge in [0, 0.05) is 19.1 Å². The molecule has 7 aromatic rings. The van der Waals surface area contributed by atoms with Crippen LogP contribution < -0.4 is 31.8 Å². The molecule has 0 spiro atoms. The number of rotatable bonds is 11. The van der Waals surface area contributed by atoms with E-state index in [9.17, 15) is 13.0 Å². The molecule has 7 rings (SSSR count). The molecule has 7 aromatic carbocycles. The number of nitrogens with zero attached hydrogens (tertiary/aromatic N) is 1. The van der Waals surface area contributed by atoms with Crippen LogP contribution in [0.4, 0.5) is 0 Å². The van der Waals surface area contributed by atoms with Crippen molar-refractivity contribution in [3.05, 3.63) is 217 Å². The van der Waals surface area contributed by atoms with Gasteiger partial charge in [-0.3, -0.25) is 4.57 Å². The summed E-state index contributed by atoms with van der Waals surface area (Å²) in [4.78, 5) is -0.0654. The predicted octanol–water partition coefficient (Wildman–Crippen LogP) is 8.50. The maximum Gasteiger partial charge on any atom is 1.00 e. The van der Waals surface area contributed by atoms with Crippen LogP contribution in [0.15, 0.2) is 217 Å². The van der Waals surface area contributed by atoms with Crippen LogP contribution in [0, 0.1) is 0 Å². The van der Waals surface area contributed by atoms with Gasteiger partial charge in [-0.05, 0) is 84.9 Å². The molecular formula is C44H43CuNO5P3S+2. The Balaban J connectivity index is 0.000000183. The van der Waals surface area contributed by atoms with Gasteiger partial charge in [0.15, 0.2) is 0 Å². The molecule has 0 aliphatic rings. The van der Waals surface area contributed by atoms with E-state index >= 15 is 0 Å². The quantitative estimate of drug-likeness (QED) is 0.0964. The fourth-order valence-corrected chi connectivity index (χ4v) is 13.3. The van der Waals surface area contributed by atoms with E-state index in [2.05, 4.69) is 196 Å². The van der Waals surface area contributed by atoms with E-state index in [4.69, 9.17) is 0 Å². The zero-order valence-corrected chi connectivity index (χ0v) is 35.0. The van der Waals surface area contributed by atoms with E-state index in [0.29, 0.717) is 0 Å². The van der Waals surface area contributed by atoms with Gasteiger partial charge < -0.3 is 13.5 Å². The van der Waals surface area contributed by atoms with Crippen molar-refractivity contribution in [3.8, 4) is 0 Å². The fraction of sp³-hybridized carbons (Fsp3) is 0.0455. The second-order valence-corrected chi connectivity index (χ2v) is 20.4. The van der Waals surface area contributed by atoms with E-state index in [1.54, 1.807) is 6.07 Å². The van der Waals surface area contributed by atoms with Crippen LogP contribution in [0.25, 0.3) is 4.49 Å². The zero-order chi connectivity index (χ0) is 38.1. The van der Waals surface area contributed by atoms with Crippen molar-refractivity contribution in [2.45, 2.75) is 4.90 Å². The summed E-state index contributed by atoms with van der Waals surface area (Å²) in [5, 5.41) is 8.61. The van der Waals surface area contributed by atoms with Crippen LogP contribution in [0.3, 0.4) is 0 Å². The number of hydrogen-bond acceptors (Lipinski definition) is 5. The summed E-state index contributed by atoms with van der Waals surface area (Å²) < 4.78 is 46.9. The Morgan fingerprint density at radius 2 is 0.600 bits per heavy atom. The Morgan fingerprint density at radius 1 is 0.400 bits per heavy atom. The molecule has 0 amide bonds. The predicted molar refractivity (Wildman–Crippen MR) is 232 cm³/mol. The summed E-state index contributed by atoms with van der Waals surface area (Å²) in [6.07, 6.45) is 0. The molecule has 11 heteroatoms. The second-order valence-electron chi connectivity index (χ2n) is 11.6. The van der Waals surface area contributed by atoms with E-state index in [1.807, 2.05) is 0 Å². The fourth-order valence-electron chi connectivity index (χ4n) is 5.54. The minimum absolute atomic E-state index is 0. The minimum Gasteiger partial charge on any atom is -0.438 e. The normalized spacial score (nSPS) is 11.0. The van der Waals surface area contributed by atoms with E-state index in [1.165, 1.54) is 56.1 Å². The molecule has 284 valence electrons.